The van der Waals surface area contributed by atoms with Crippen molar-refractivity contribution in [2.45, 2.75) is 26.3 Å². The fourth-order valence-corrected chi connectivity index (χ4v) is 2.39. The third kappa shape index (κ3) is 3.63. The van der Waals surface area contributed by atoms with Crippen molar-refractivity contribution in [3.63, 3.8) is 0 Å². The lowest BCUT2D eigenvalue weighted by molar-refractivity contribution is -0.138. The lowest BCUT2D eigenvalue weighted by Crippen LogP contribution is -2.16. The average molecular weight is 339 g/mol. The highest BCUT2D eigenvalue weighted by Gasteiger charge is 2.16. The predicted octanol–water partition coefficient (Wildman–Crippen LogP) is 2.60. The fraction of sp³-hybridized carbons (Fsp3) is 0.385. The van der Waals surface area contributed by atoms with Gasteiger partial charge in [0.05, 0.1) is 0 Å². The lowest BCUT2D eigenvalue weighted by Gasteiger charge is -2.13. The molecule has 0 saturated heterocycles. The van der Waals surface area contributed by atoms with E-state index in [1.165, 1.54) is 0 Å². The number of tetrazole rings is 1. The van der Waals surface area contributed by atoms with Crippen molar-refractivity contribution in [3.05, 3.63) is 28.7 Å². The second kappa shape index (κ2) is 6.60. The Morgan fingerprint density at radius 3 is 2.95 bits per heavy atom. The van der Waals surface area contributed by atoms with Crippen LogP contribution >= 0.6 is 15.9 Å². The zero-order valence-electron chi connectivity index (χ0n) is 11.0. The van der Waals surface area contributed by atoms with Gasteiger partial charge in [-0.1, -0.05) is 41.4 Å². The first kappa shape index (κ1) is 14.6. The number of aliphatic carboxylic acids is 1. The van der Waals surface area contributed by atoms with Crippen LogP contribution in [0.5, 0.6) is 0 Å². The summed E-state index contributed by atoms with van der Waals surface area (Å²) in [6, 6.07) is 7.69. The minimum absolute atomic E-state index is 0.0157. The number of nitrogens with zero attached hydrogens (tertiary/aromatic N) is 4. The smallest absolute Gasteiger partial charge is 0.303 e. The van der Waals surface area contributed by atoms with Crippen LogP contribution in [-0.4, -0.2) is 31.3 Å². The maximum atomic E-state index is 10.8. The predicted molar refractivity (Wildman–Crippen MR) is 77.0 cm³/mol. The molecule has 0 spiro atoms. The van der Waals surface area contributed by atoms with Gasteiger partial charge in [0.15, 0.2) is 5.82 Å². The molecule has 2 rings (SSSR count). The Morgan fingerprint density at radius 1 is 1.50 bits per heavy atom. The Balaban J connectivity index is 2.22. The van der Waals surface area contributed by atoms with Gasteiger partial charge in [0, 0.05) is 23.0 Å². The second-order valence-electron chi connectivity index (χ2n) is 4.57. The summed E-state index contributed by atoms with van der Waals surface area (Å²) in [6.45, 7) is 2.47. The van der Waals surface area contributed by atoms with Crippen molar-refractivity contribution in [2.24, 2.45) is 5.92 Å². The molecule has 6 nitrogen and oxygen atoms in total. The molecule has 0 bridgehead atoms. The van der Waals surface area contributed by atoms with Gasteiger partial charge < -0.3 is 5.11 Å². The summed E-state index contributed by atoms with van der Waals surface area (Å²) in [5.41, 5.74) is 0.898. The molecule has 0 amide bonds. The molecule has 106 valence electrons. The van der Waals surface area contributed by atoms with Gasteiger partial charge in [-0.15, -0.1) is 5.10 Å². The highest BCUT2D eigenvalue weighted by Crippen LogP contribution is 2.22. The number of carbonyl (C=O) groups is 1. The van der Waals surface area contributed by atoms with E-state index in [-0.39, 0.29) is 12.3 Å². The molecular formula is C13H15BrN4O2. The molecule has 20 heavy (non-hydrogen) atoms. The van der Waals surface area contributed by atoms with Crippen LogP contribution < -0.4 is 0 Å². The molecule has 0 radical (unpaired) electrons. The molecule has 7 heteroatoms. The maximum Gasteiger partial charge on any atom is 0.303 e. The third-order valence-electron chi connectivity index (χ3n) is 3.09. The summed E-state index contributed by atoms with van der Waals surface area (Å²) >= 11 is 3.41. The quantitative estimate of drug-likeness (QED) is 0.875. The van der Waals surface area contributed by atoms with Crippen molar-refractivity contribution in [3.8, 4) is 11.4 Å². The van der Waals surface area contributed by atoms with Crippen LogP contribution in [0, 0.1) is 5.92 Å². The summed E-state index contributed by atoms with van der Waals surface area (Å²) in [5, 5.41) is 20.6. The second-order valence-corrected chi connectivity index (χ2v) is 5.48. The Kier molecular flexibility index (Phi) is 4.84. The zero-order valence-corrected chi connectivity index (χ0v) is 12.6. The van der Waals surface area contributed by atoms with E-state index in [2.05, 4.69) is 31.5 Å². The molecule has 1 heterocycles. The van der Waals surface area contributed by atoms with Gasteiger partial charge in [-0.2, -0.15) is 0 Å². The van der Waals surface area contributed by atoms with Gasteiger partial charge in [0.1, 0.15) is 0 Å². The number of halogens is 1. The van der Waals surface area contributed by atoms with E-state index in [0.717, 1.165) is 16.5 Å². The summed E-state index contributed by atoms with van der Waals surface area (Å²) in [7, 11) is 0. The van der Waals surface area contributed by atoms with Crippen LogP contribution in [0.25, 0.3) is 11.4 Å². The van der Waals surface area contributed by atoms with Gasteiger partial charge in [-0.25, -0.2) is 4.68 Å². The molecule has 1 N–H and O–H groups in total. The van der Waals surface area contributed by atoms with Crippen LogP contribution in [0.2, 0.25) is 0 Å². The first-order chi connectivity index (χ1) is 9.60. The molecule has 1 atom stereocenters. The molecule has 0 aliphatic rings. The Morgan fingerprint density at radius 2 is 2.30 bits per heavy atom. The van der Waals surface area contributed by atoms with Crippen molar-refractivity contribution < 1.29 is 9.90 Å². The molecule has 1 aromatic carbocycles. The highest BCUT2D eigenvalue weighted by atomic mass is 79.9. The Bertz CT molecular complexity index is 600. The van der Waals surface area contributed by atoms with E-state index in [1.54, 1.807) is 4.68 Å². The van der Waals surface area contributed by atoms with Gasteiger partial charge >= 0.3 is 5.97 Å². The summed E-state index contributed by atoms with van der Waals surface area (Å²) in [6.07, 6.45) is 0.887. The number of benzene rings is 1. The van der Waals surface area contributed by atoms with E-state index in [4.69, 9.17) is 5.11 Å². The normalized spacial score (nSPS) is 12.3. The van der Waals surface area contributed by atoms with Crippen molar-refractivity contribution in [1.29, 1.82) is 0 Å². The number of carboxylic acids is 1. The molecule has 0 fully saturated rings. The van der Waals surface area contributed by atoms with Crippen LogP contribution in [0.4, 0.5) is 0 Å². The first-order valence-corrected chi connectivity index (χ1v) is 7.13. The zero-order chi connectivity index (χ0) is 14.5. The summed E-state index contributed by atoms with van der Waals surface area (Å²) in [5.74, 6) is -0.133. The van der Waals surface area contributed by atoms with Crippen LogP contribution in [0.1, 0.15) is 19.8 Å². The number of hydrogen-bond acceptors (Lipinski definition) is 4. The lowest BCUT2D eigenvalue weighted by atomic mass is 10.0. The molecule has 2 aromatic rings. The number of hydrogen-bond donors (Lipinski definition) is 1. The highest BCUT2D eigenvalue weighted by molar-refractivity contribution is 9.10. The maximum absolute atomic E-state index is 10.8. The van der Waals surface area contributed by atoms with E-state index in [0.29, 0.717) is 12.4 Å². The molecule has 0 aliphatic heterocycles. The van der Waals surface area contributed by atoms with E-state index in [1.807, 2.05) is 31.2 Å². The molecular weight excluding hydrogens is 324 g/mol. The van der Waals surface area contributed by atoms with Crippen LogP contribution in [-0.2, 0) is 11.3 Å². The molecule has 1 aromatic heterocycles. The van der Waals surface area contributed by atoms with Gasteiger partial charge in [0.2, 0.25) is 0 Å². The topological polar surface area (TPSA) is 80.9 Å². The molecule has 1 unspecified atom stereocenters. The van der Waals surface area contributed by atoms with E-state index < -0.39 is 5.97 Å². The third-order valence-corrected chi connectivity index (χ3v) is 3.58. The number of carboxylic acid groups (broad SMARTS) is 1. The monoisotopic (exact) mass is 338 g/mol. The Labute approximate surface area is 124 Å². The Hall–Kier alpha value is -1.76. The fourth-order valence-electron chi connectivity index (χ4n) is 1.99. The van der Waals surface area contributed by atoms with Crippen molar-refractivity contribution in [1.82, 2.24) is 20.2 Å². The van der Waals surface area contributed by atoms with Gasteiger partial charge in [0.25, 0.3) is 0 Å². The minimum atomic E-state index is -0.797. The van der Waals surface area contributed by atoms with E-state index in [9.17, 15) is 4.79 Å². The van der Waals surface area contributed by atoms with Gasteiger partial charge in [-0.3, -0.25) is 4.79 Å². The van der Waals surface area contributed by atoms with Crippen LogP contribution in [0.15, 0.2) is 28.7 Å². The standard InChI is InChI=1S/C13H15BrN4O2/c1-2-9(6-12(19)20)8-18-13(15-16-17-18)10-4-3-5-11(14)7-10/h3-5,7,9H,2,6,8H2,1H3,(H,19,20). The van der Waals surface area contributed by atoms with Crippen molar-refractivity contribution >= 4 is 21.9 Å². The summed E-state index contributed by atoms with van der Waals surface area (Å²) < 4.78 is 2.61. The van der Waals surface area contributed by atoms with Crippen LogP contribution in [0.3, 0.4) is 0 Å². The number of rotatable bonds is 6. The minimum Gasteiger partial charge on any atom is -0.481 e. The average Bonchev–Trinajstić information content (AvgIpc) is 2.85. The molecule has 0 aliphatic carbocycles. The summed E-state index contributed by atoms with van der Waals surface area (Å²) in [4.78, 5) is 10.8. The number of aromatic nitrogens is 4. The van der Waals surface area contributed by atoms with E-state index >= 15 is 0 Å². The van der Waals surface area contributed by atoms with Gasteiger partial charge in [-0.05, 0) is 28.5 Å². The largest absolute Gasteiger partial charge is 0.481 e. The van der Waals surface area contributed by atoms with Crippen molar-refractivity contribution in [2.75, 3.05) is 0 Å². The first-order valence-electron chi connectivity index (χ1n) is 6.34. The molecule has 0 saturated carbocycles. The SMILES string of the molecule is CCC(CC(=O)O)Cn1nnnc1-c1cccc(Br)c1.